The van der Waals surface area contributed by atoms with E-state index in [1.807, 2.05) is 30.3 Å². The lowest BCUT2D eigenvalue weighted by molar-refractivity contribution is -0.384. The number of para-hydroxylation sites is 2. The lowest BCUT2D eigenvalue weighted by Crippen LogP contribution is -2.32. The summed E-state index contributed by atoms with van der Waals surface area (Å²) in [6, 6.07) is 14.6. The van der Waals surface area contributed by atoms with Gasteiger partial charge in [0.05, 0.1) is 22.0 Å². The number of rotatable bonds is 4. The molecule has 138 valence electrons. The molecule has 2 aromatic carbocycles. The number of nitro benzene ring substituents is 1. The number of H-pyrrole nitrogens is 1. The molecule has 1 aliphatic heterocycles. The van der Waals surface area contributed by atoms with Crippen molar-refractivity contribution < 1.29 is 4.92 Å². The topological polar surface area (TPSA) is 87.4 Å². The molecule has 27 heavy (non-hydrogen) atoms. The van der Waals surface area contributed by atoms with Crippen molar-refractivity contribution in [3.05, 3.63) is 70.0 Å². The van der Waals surface area contributed by atoms with Crippen molar-refractivity contribution in [2.24, 2.45) is 4.99 Å². The molecular formula is C20H21N5O2. The Hall–Kier alpha value is -3.06. The Labute approximate surface area is 156 Å². The van der Waals surface area contributed by atoms with Crippen molar-refractivity contribution in [3.8, 4) is 0 Å². The number of hydrogen-bond acceptors (Lipinski definition) is 5. The number of imidazole rings is 1. The van der Waals surface area contributed by atoms with Gasteiger partial charge in [-0.1, -0.05) is 24.3 Å². The summed E-state index contributed by atoms with van der Waals surface area (Å²) in [6.45, 7) is 1.99. The van der Waals surface area contributed by atoms with Crippen LogP contribution in [0.5, 0.6) is 0 Å². The predicted octanol–water partition coefficient (Wildman–Crippen LogP) is 3.40. The SMILES string of the molecule is CN1CCC(/N=C(\c2cccc([N+](=O)[O-])c2)c2nc3ccccc3[nH]2)CC1. The largest absolute Gasteiger partial charge is 0.337 e. The zero-order valence-electron chi connectivity index (χ0n) is 15.1. The maximum atomic E-state index is 11.2. The smallest absolute Gasteiger partial charge is 0.270 e. The number of piperidine rings is 1. The highest BCUT2D eigenvalue weighted by molar-refractivity contribution is 6.12. The molecule has 0 aliphatic carbocycles. The van der Waals surface area contributed by atoms with E-state index in [0.717, 1.165) is 37.0 Å². The fraction of sp³-hybridized carbons (Fsp3) is 0.300. The molecular weight excluding hydrogens is 342 g/mol. The first-order valence-corrected chi connectivity index (χ1v) is 9.06. The second-order valence-electron chi connectivity index (χ2n) is 6.92. The van der Waals surface area contributed by atoms with E-state index in [2.05, 4.69) is 21.9 Å². The van der Waals surface area contributed by atoms with Crippen LogP contribution < -0.4 is 0 Å². The molecule has 1 fully saturated rings. The van der Waals surface area contributed by atoms with E-state index >= 15 is 0 Å². The number of hydrogen-bond donors (Lipinski definition) is 1. The first-order chi connectivity index (χ1) is 13.1. The zero-order valence-corrected chi connectivity index (χ0v) is 15.1. The van der Waals surface area contributed by atoms with E-state index in [4.69, 9.17) is 4.99 Å². The normalized spacial score (nSPS) is 16.7. The Balaban J connectivity index is 1.79. The average Bonchev–Trinajstić information content (AvgIpc) is 3.11. The Morgan fingerprint density at radius 3 is 2.74 bits per heavy atom. The third-order valence-corrected chi connectivity index (χ3v) is 4.94. The van der Waals surface area contributed by atoms with Crippen LogP contribution in [-0.4, -0.2) is 51.7 Å². The molecule has 0 saturated carbocycles. The monoisotopic (exact) mass is 363 g/mol. The first kappa shape index (κ1) is 17.4. The Morgan fingerprint density at radius 1 is 1.22 bits per heavy atom. The molecule has 7 heteroatoms. The van der Waals surface area contributed by atoms with Crippen molar-refractivity contribution in [2.75, 3.05) is 20.1 Å². The van der Waals surface area contributed by atoms with Crippen LogP contribution in [-0.2, 0) is 0 Å². The van der Waals surface area contributed by atoms with Gasteiger partial charge < -0.3 is 9.88 Å². The molecule has 0 unspecified atom stereocenters. The number of non-ortho nitro benzene ring substituents is 1. The van der Waals surface area contributed by atoms with Crippen LogP contribution in [0.3, 0.4) is 0 Å². The van der Waals surface area contributed by atoms with Crippen molar-refractivity contribution in [3.63, 3.8) is 0 Å². The van der Waals surface area contributed by atoms with E-state index in [-0.39, 0.29) is 16.7 Å². The van der Waals surface area contributed by atoms with Crippen molar-refractivity contribution in [1.82, 2.24) is 14.9 Å². The van der Waals surface area contributed by atoms with Crippen LogP contribution in [0.1, 0.15) is 24.2 Å². The van der Waals surface area contributed by atoms with Gasteiger partial charge in [0, 0.05) is 17.7 Å². The van der Waals surface area contributed by atoms with Gasteiger partial charge in [0.25, 0.3) is 5.69 Å². The summed E-state index contributed by atoms with van der Waals surface area (Å²) in [4.78, 5) is 26.1. The minimum absolute atomic E-state index is 0.0553. The molecule has 1 N–H and O–H groups in total. The Bertz CT molecular complexity index is 969. The molecule has 0 spiro atoms. The number of aliphatic imine (C=N–C) groups is 1. The number of nitro groups is 1. The van der Waals surface area contributed by atoms with Gasteiger partial charge in [0.15, 0.2) is 5.82 Å². The summed E-state index contributed by atoms with van der Waals surface area (Å²) in [5.41, 5.74) is 3.23. The highest BCUT2D eigenvalue weighted by atomic mass is 16.6. The highest BCUT2D eigenvalue weighted by Crippen LogP contribution is 2.21. The van der Waals surface area contributed by atoms with Crippen LogP contribution in [0.4, 0.5) is 5.69 Å². The highest BCUT2D eigenvalue weighted by Gasteiger charge is 2.20. The first-order valence-electron chi connectivity index (χ1n) is 9.06. The average molecular weight is 363 g/mol. The van der Waals surface area contributed by atoms with Crippen LogP contribution in [0, 0.1) is 10.1 Å². The van der Waals surface area contributed by atoms with E-state index in [1.165, 1.54) is 6.07 Å². The van der Waals surface area contributed by atoms with Gasteiger partial charge in [0.1, 0.15) is 5.71 Å². The number of nitrogens with one attached hydrogen (secondary N) is 1. The second-order valence-corrected chi connectivity index (χ2v) is 6.92. The van der Waals surface area contributed by atoms with Gasteiger partial charge in [0.2, 0.25) is 0 Å². The third-order valence-electron chi connectivity index (χ3n) is 4.94. The molecule has 7 nitrogen and oxygen atoms in total. The van der Waals surface area contributed by atoms with Gasteiger partial charge >= 0.3 is 0 Å². The molecule has 3 aromatic rings. The third kappa shape index (κ3) is 3.73. The standard InChI is InChI=1S/C20H21N5O2/c1-24-11-9-15(10-12-24)21-19(14-5-4-6-16(13-14)25(26)27)20-22-17-7-2-3-8-18(17)23-20/h2-8,13,15H,9-12H2,1H3,(H,22,23)/b21-19+. The summed E-state index contributed by atoms with van der Waals surface area (Å²) in [6.07, 6.45) is 1.93. The van der Waals surface area contributed by atoms with Gasteiger partial charge in [-0.2, -0.15) is 0 Å². The molecule has 1 aromatic heterocycles. The van der Waals surface area contributed by atoms with E-state index < -0.39 is 0 Å². The second kappa shape index (κ2) is 7.28. The summed E-state index contributed by atoms with van der Waals surface area (Å²) in [5.74, 6) is 0.649. The quantitative estimate of drug-likeness (QED) is 0.437. The number of fused-ring (bicyclic) bond motifs is 1. The maximum absolute atomic E-state index is 11.2. The molecule has 0 radical (unpaired) electrons. The predicted molar refractivity (Wildman–Crippen MR) is 105 cm³/mol. The van der Waals surface area contributed by atoms with Crippen LogP contribution in [0.25, 0.3) is 11.0 Å². The van der Waals surface area contributed by atoms with Crippen molar-refractivity contribution >= 4 is 22.4 Å². The number of likely N-dealkylation sites (tertiary alicyclic amines) is 1. The number of aromatic nitrogens is 2. The van der Waals surface area contributed by atoms with Gasteiger partial charge in [-0.05, 0) is 45.1 Å². The molecule has 4 rings (SSSR count). The fourth-order valence-corrected chi connectivity index (χ4v) is 3.41. The van der Waals surface area contributed by atoms with Crippen LogP contribution in [0.2, 0.25) is 0 Å². The minimum Gasteiger partial charge on any atom is -0.337 e. The van der Waals surface area contributed by atoms with Gasteiger partial charge in [-0.25, -0.2) is 4.98 Å². The lowest BCUT2D eigenvalue weighted by atomic mass is 10.0. The molecule has 2 heterocycles. The Morgan fingerprint density at radius 2 is 2.00 bits per heavy atom. The lowest BCUT2D eigenvalue weighted by Gasteiger charge is -2.27. The zero-order chi connectivity index (χ0) is 18.8. The summed E-state index contributed by atoms with van der Waals surface area (Å²) in [5, 5.41) is 11.2. The fourth-order valence-electron chi connectivity index (χ4n) is 3.41. The van der Waals surface area contributed by atoms with Crippen LogP contribution >= 0.6 is 0 Å². The van der Waals surface area contributed by atoms with Crippen LogP contribution in [0.15, 0.2) is 53.5 Å². The molecule has 1 saturated heterocycles. The molecule has 0 atom stereocenters. The van der Waals surface area contributed by atoms with E-state index in [1.54, 1.807) is 12.1 Å². The van der Waals surface area contributed by atoms with Crippen molar-refractivity contribution in [1.29, 1.82) is 0 Å². The van der Waals surface area contributed by atoms with Gasteiger partial charge in [-0.3, -0.25) is 15.1 Å². The Kier molecular flexibility index (Phi) is 4.68. The number of benzene rings is 2. The maximum Gasteiger partial charge on any atom is 0.270 e. The molecule has 0 bridgehead atoms. The van der Waals surface area contributed by atoms with Crippen molar-refractivity contribution in [2.45, 2.75) is 18.9 Å². The number of nitrogens with zero attached hydrogens (tertiary/aromatic N) is 4. The summed E-state index contributed by atoms with van der Waals surface area (Å²) in [7, 11) is 2.11. The molecule has 0 amide bonds. The minimum atomic E-state index is -0.380. The van der Waals surface area contributed by atoms with E-state index in [9.17, 15) is 10.1 Å². The van der Waals surface area contributed by atoms with Gasteiger partial charge in [-0.15, -0.1) is 0 Å². The summed E-state index contributed by atoms with van der Waals surface area (Å²) >= 11 is 0. The number of aromatic amines is 1. The summed E-state index contributed by atoms with van der Waals surface area (Å²) < 4.78 is 0. The van der Waals surface area contributed by atoms with E-state index in [0.29, 0.717) is 17.1 Å². The molecule has 1 aliphatic rings.